The number of benzene rings is 1. The molecule has 28 heavy (non-hydrogen) atoms. The van der Waals surface area contributed by atoms with Crippen molar-refractivity contribution >= 4 is 28.3 Å². The number of hydrogen-bond acceptors (Lipinski definition) is 4. The summed E-state index contributed by atoms with van der Waals surface area (Å²) in [7, 11) is -3.57. The van der Waals surface area contributed by atoms with Crippen molar-refractivity contribution < 1.29 is 13.2 Å². The SMILES string of the molecule is Cc1ccc(S(=O)(=O)N2CCCC(C(=O)N3CCCCC3C(C)N)C2)cc1.Cl. The maximum Gasteiger partial charge on any atom is 0.243 e. The molecule has 0 aromatic heterocycles. The number of rotatable bonds is 4. The molecule has 2 aliphatic heterocycles. The highest BCUT2D eigenvalue weighted by molar-refractivity contribution is 7.89. The second-order valence-corrected chi connectivity index (χ2v) is 9.91. The van der Waals surface area contributed by atoms with Crippen molar-refractivity contribution in [3.05, 3.63) is 29.8 Å². The first-order chi connectivity index (χ1) is 12.8. The van der Waals surface area contributed by atoms with Crippen LogP contribution in [0.25, 0.3) is 0 Å². The van der Waals surface area contributed by atoms with Gasteiger partial charge >= 0.3 is 0 Å². The van der Waals surface area contributed by atoms with Gasteiger partial charge in [0.25, 0.3) is 0 Å². The van der Waals surface area contributed by atoms with Gasteiger partial charge in [-0.05, 0) is 58.1 Å². The molecule has 0 radical (unpaired) electrons. The Morgan fingerprint density at radius 3 is 2.43 bits per heavy atom. The van der Waals surface area contributed by atoms with E-state index in [-0.39, 0.29) is 42.9 Å². The first-order valence-electron chi connectivity index (χ1n) is 9.93. The number of aryl methyl sites for hydroxylation is 1. The fourth-order valence-electron chi connectivity index (χ4n) is 4.23. The number of hydrogen-bond donors (Lipinski definition) is 1. The van der Waals surface area contributed by atoms with E-state index in [9.17, 15) is 13.2 Å². The second-order valence-electron chi connectivity index (χ2n) is 7.97. The number of carbonyl (C=O) groups excluding carboxylic acids is 1. The smallest absolute Gasteiger partial charge is 0.243 e. The predicted octanol–water partition coefficient (Wildman–Crippen LogP) is 2.55. The van der Waals surface area contributed by atoms with Crippen LogP contribution in [0.5, 0.6) is 0 Å². The van der Waals surface area contributed by atoms with E-state index in [1.54, 1.807) is 24.3 Å². The average molecular weight is 430 g/mol. The van der Waals surface area contributed by atoms with Gasteiger partial charge in [0.05, 0.1) is 10.8 Å². The van der Waals surface area contributed by atoms with Crippen molar-refractivity contribution in [3.63, 3.8) is 0 Å². The van der Waals surface area contributed by atoms with Crippen LogP contribution < -0.4 is 5.73 Å². The molecule has 8 heteroatoms. The van der Waals surface area contributed by atoms with Crippen LogP contribution >= 0.6 is 12.4 Å². The molecule has 0 saturated carbocycles. The lowest BCUT2D eigenvalue weighted by Crippen LogP contribution is -2.55. The third-order valence-electron chi connectivity index (χ3n) is 5.83. The van der Waals surface area contributed by atoms with Crippen LogP contribution in [-0.2, 0) is 14.8 Å². The number of amides is 1. The molecule has 1 amide bonds. The van der Waals surface area contributed by atoms with Gasteiger partial charge in [0.15, 0.2) is 0 Å². The number of sulfonamides is 1. The molecular formula is C20H32ClN3O3S. The number of halogens is 1. The zero-order valence-electron chi connectivity index (χ0n) is 16.7. The third-order valence-corrected chi connectivity index (χ3v) is 7.71. The minimum Gasteiger partial charge on any atom is -0.338 e. The first-order valence-corrected chi connectivity index (χ1v) is 11.4. The van der Waals surface area contributed by atoms with Crippen LogP contribution in [0.2, 0.25) is 0 Å². The van der Waals surface area contributed by atoms with Gasteiger partial charge in [-0.15, -0.1) is 12.4 Å². The summed E-state index contributed by atoms with van der Waals surface area (Å²) in [6, 6.07) is 6.90. The van der Waals surface area contributed by atoms with Gasteiger partial charge in [-0.25, -0.2) is 8.42 Å². The van der Waals surface area contributed by atoms with E-state index < -0.39 is 10.0 Å². The summed E-state index contributed by atoms with van der Waals surface area (Å²) in [5, 5.41) is 0. The number of nitrogens with two attached hydrogens (primary N) is 1. The van der Waals surface area contributed by atoms with Crippen LogP contribution in [0.3, 0.4) is 0 Å². The molecule has 2 fully saturated rings. The minimum atomic E-state index is -3.57. The quantitative estimate of drug-likeness (QED) is 0.797. The van der Waals surface area contributed by atoms with Gasteiger partial charge in [-0.2, -0.15) is 4.31 Å². The Labute approximate surface area is 174 Å². The molecule has 2 heterocycles. The maximum absolute atomic E-state index is 13.2. The van der Waals surface area contributed by atoms with Crippen molar-refractivity contribution in [1.29, 1.82) is 0 Å². The summed E-state index contributed by atoms with van der Waals surface area (Å²) in [5.74, 6) is -0.209. The highest BCUT2D eigenvalue weighted by Gasteiger charge is 2.38. The van der Waals surface area contributed by atoms with E-state index in [0.29, 0.717) is 17.9 Å². The fourth-order valence-corrected chi connectivity index (χ4v) is 5.76. The van der Waals surface area contributed by atoms with Gasteiger partial charge in [0.1, 0.15) is 0 Å². The zero-order valence-corrected chi connectivity index (χ0v) is 18.3. The van der Waals surface area contributed by atoms with E-state index in [0.717, 1.165) is 37.8 Å². The second kappa shape index (κ2) is 9.57. The maximum atomic E-state index is 13.2. The van der Waals surface area contributed by atoms with E-state index in [2.05, 4.69) is 0 Å². The summed E-state index contributed by atoms with van der Waals surface area (Å²) >= 11 is 0. The Morgan fingerprint density at radius 2 is 1.79 bits per heavy atom. The van der Waals surface area contributed by atoms with Gasteiger partial charge in [0.2, 0.25) is 15.9 Å². The monoisotopic (exact) mass is 429 g/mol. The Hall–Kier alpha value is -1.15. The van der Waals surface area contributed by atoms with Crippen molar-refractivity contribution in [3.8, 4) is 0 Å². The van der Waals surface area contributed by atoms with Crippen LogP contribution in [0.4, 0.5) is 0 Å². The molecule has 2 N–H and O–H groups in total. The van der Waals surface area contributed by atoms with Crippen LogP contribution in [0, 0.1) is 12.8 Å². The van der Waals surface area contributed by atoms with Crippen LogP contribution in [0.15, 0.2) is 29.2 Å². The highest BCUT2D eigenvalue weighted by atomic mass is 35.5. The fraction of sp³-hybridized carbons (Fsp3) is 0.650. The zero-order chi connectivity index (χ0) is 19.6. The lowest BCUT2D eigenvalue weighted by molar-refractivity contribution is -0.141. The largest absolute Gasteiger partial charge is 0.338 e. The minimum absolute atomic E-state index is 0. The number of nitrogens with zero attached hydrogens (tertiary/aromatic N) is 2. The molecule has 2 aliphatic rings. The van der Waals surface area contributed by atoms with Crippen molar-refractivity contribution in [2.45, 2.75) is 62.9 Å². The Kier molecular flexibility index (Phi) is 7.90. The number of piperidine rings is 2. The molecule has 3 atom stereocenters. The summed E-state index contributed by atoms with van der Waals surface area (Å²) in [6.45, 7) is 5.34. The molecule has 3 unspecified atom stereocenters. The van der Waals surface area contributed by atoms with Crippen molar-refractivity contribution in [2.75, 3.05) is 19.6 Å². The van der Waals surface area contributed by atoms with Crippen molar-refractivity contribution in [1.82, 2.24) is 9.21 Å². The molecular weight excluding hydrogens is 398 g/mol. The summed E-state index contributed by atoms with van der Waals surface area (Å²) < 4.78 is 27.5. The third kappa shape index (κ3) is 4.87. The molecule has 1 aromatic carbocycles. The van der Waals surface area contributed by atoms with E-state index in [1.807, 2.05) is 18.7 Å². The van der Waals surface area contributed by atoms with Crippen molar-refractivity contribution in [2.24, 2.45) is 11.7 Å². The van der Waals surface area contributed by atoms with Gasteiger partial charge < -0.3 is 10.6 Å². The molecule has 1 aromatic rings. The molecule has 0 spiro atoms. The Bertz CT molecular complexity index is 767. The lowest BCUT2D eigenvalue weighted by Gasteiger charge is -2.41. The Balaban J connectivity index is 0.00000280. The predicted molar refractivity (Wildman–Crippen MR) is 113 cm³/mol. The molecule has 6 nitrogen and oxygen atoms in total. The normalized spacial score (nSPS) is 25.0. The molecule has 3 rings (SSSR count). The van der Waals surface area contributed by atoms with Gasteiger partial charge in [-0.1, -0.05) is 17.7 Å². The summed E-state index contributed by atoms with van der Waals surface area (Å²) in [5.41, 5.74) is 7.13. The molecule has 2 saturated heterocycles. The van der Waals surface area contributed by atoms with Gasteiger partial charge in [0, 0.05) is 31.7 Å². The summed E-state index contributed by atoms with van der Waals surface area (Å²) in [6.07, 6.45) is 4.46. The van der Waals surface area contributed by atoms with E-state index >= 15 is 0 Å². The lowest BCUT2D eigenvalue weighted by atomic mass is 9.92. The molecule has 158 valence electrons. The standard InChI is InChI=1S/C20H31N3O3S.ClH/c1-15-8-10-18(11-9-15)27(25,26)22-12-5-6-17(14-22)20(24)23-13-4-3-7-19(23)16(2)21;/h8-11,16-17,19H,3-7,12-14,21H2,1-2H3;1H. The first kappa shape index (κ1) is 23.1. The van der Waals surface area contributed by atoms with E-state index in [4.69, 9.17) is 5.73 Å². The van der Waals surface area contributed by atoms with Crippen LogP contribution in [-0.4, -0.2) is 55.2 Å². The molecule has 0 aliphatic carbocycles. The van der Waals surface area contributed by atoms with E-state index in [1.165, 1.54) is 4.31 Å². The number of likely N-dealkylation sites (tertiary alicyclic amines) is 1. The van der Waals surface area contributed by atoms with Crippen LogP contribution in [0.1, 0.15) is 44.6 Å². The topological polar surface area (TPSA) is 83.7 Å². The highest BCUT2D eigenvalue weighted by Crippen LogP contribution is 2.28. The number of carbonyl (C=O) groups is 1. The van der Waals surface area contributed by atoms with Gasteiger partial charge in [-0.3, -0.25) is 4.79 Å². The Morgan fingerprint density at radius 1 is 1.11 bits per heavy atom. The molecule has 0 bridgehead atoms. The summed E-state index contributed by atoms with van der Waals surface area (Å²) in [4.78, 5) is 15.4. The average Bonchev–Trinajstić information content (AvgIpc) is 2.68.